The lowest BCUT2D eigenvalue weighted by Crippen LogP contribution is -2.44. The number of nitrogens with zero attached hydrogens (tertiary/aromatic N) is 5. The zero-order valence-corrected chi connectivity index (χ0v) is 15.8. The van der Waals surface area contributed by atoms with Crippen LogP contribution in [-0.4, -0.2) is 52.1 Å². The molecule has 0 radical (unpaired) electrons. The molecule has 2 aromatic heterocycles. The molecule has 0 atom stereocenters. The van der Waals surface area contributed by atoms with E-state index in [1.165, 1.54) is 19.3 Å². The van der Waals surface area contributed by atoms with E-state index >= 15 is 0 Å². The second-order valence-electron chi connectivity index (χ2n) is 7.07. The Hall–Kier alpha value is -2.70. The molecule has 0 aliphatic carbocycles. The van der Waals surface area contributed by atoms with Crippen LogP contribution in [-0.2, 0) is 13.0 Å². The quantitative estimate of drug-likeness (QED) is 0.904. The number of rotatable bonds is 3. The van der Waals surface area contributed by atoms with E-state index < -0.39 is 0 Å². The van der Waals surface area contributed by atoms with E-state index in [1.807, 2.05) is 30.0 Å². The molecule has 0 aromatic carbocycles. The van der Waals surface area contributed by atoms with Crippen LogP contribution in [0, 0.1) is 0 Å². The van der Waals surface area contributed by atoms with Gasteiger partial charge in [-0.15, -0.1) is 0 Å². The fraction of sp³-hybridized carbons (Fsp3) is 0.500. The summed E-state index contributed by atoms with van der Waals surface area (Å²) < 4.78 is 0. The van der Waals surface area contributed by atoms with Crippen molar-refractivity contribution in [3.05, 3.63) is 35.7 Å². The van der Waals surface area contributed by atoms with Crippen LogP contribution in [0.5, 0.6) is 0 Å². The average molecular weight is 366 g/mol. The molecule has 0 unspecified atom stereocenters. The fourth-order valence-electron chi connectivity index (χ4n) is 3.81. The molecule has 2 amide bonds. The first-order valence-electron chi connectivity index (χ1n) is 9.85. The highest BCUT2D eigenvalue weighted by molar-refractivity contribution is 5.75. The third-order valence-corrected chi connectivity index (χ3v) is 5.20. The van der Waals surface area contributed by atoms with Crippen LogP contribution in [0.2, 0.25) is 0 Å². The summed E-state index contributed by atoms with van der Waals surface area (Å²) >= 11 is 0. The number of amides is 2. The molecule has 2 aromatic rings. The summed E-state index contributed by atoms with van der Waals surface area (Å²) in [4.78, 5) is 30.7. The molecule has 0 saturated carbocycles. The number of aromatic nitrogens is 3. The van der Waals surface area contributed by atoms with Crippen LogP contribution in [0.15, 0.2) is 24.4 Å². The second kappa shape index (κ2) is 7.90. The average Bonchev–Trinajstić information content (AvgIpc) is 2.74. The lowest BCUT2D eigenvalue weighted by atomic mass is 10.0. The van der Waals surface area contributed by atoms with Gasteiger partial charge >= 0.3 is 6.03 Å². The van der Waals surface area contributed by atoms with Crippen molar-refractivity contribution < 1.29 is 4.79 Å². The van der Waals surface area contributed by atoms with Crippen molar-refractivity contribution in [2.24, 2.45) is 0 Å². The molecule has 142 valence electrons. The maximum atomic E-state index is 12.3. The monoisotopic (exact) mass is 366 g/mol. The van der Waals surface area contributed by atoms with E-state index in [0.717, 1.165) is 42.3 Å². The van der Waals surface area contributed by atoms with Crippen molar-refractivity contribution in [1.82, 2.24) is 25.2 Å². The zero-order valence-electron chi connectivity index (χ0n) is 15.8. The lowest BCUT2D eigenvalue weighted by molar-refractivity contribution is 0.192. The van der Waals surface area contributed by atoms with Gasteiger partial charge < -0.3 is 15.1 Å². The van der Waals surface area contributed by atoms with Gasteiger partial charge in [0.2, 0.25) is 0 Å². The molecule has 7 nitrogen and oxygen atoms in total. The number of piperidine rings is 1. The van der Waals surface area contributed by atoms with Crippen LogP contribution in [0.1, 0.15) is 37.4 Å². The van der Waals surface area contributed by atoms with Crippen molar-refractivity contribution >= 4 is 11.8 Å². The molecular formula is C20H26N6O. The molecule has 2 aliphatic rings. The van der Waals surface area contributed by atoms with Gasteiger partial charge in [0, 0.05) is 44.4 Å². The first-order chi connectivity index (χ1) is 13.3. The number of fused-ring (bicyclic) bond motifs is 1. The van der Waals surface area contributed by atoms with Gasteiger partial charge in [0.05, 0.1) is 12.2 Å². The molecule has 27 heavy (non-hydrogen) atoms. The first kappa shape index (κ1) is 17.7. The Kier molecular flexibility index (Phi) is 5.18. The van der Waals surface area contributed by atoms with Gasteiger partial charge in [-0.05, 0) is 38.3 Å². The fourth-order valence-corrected chi connectivity index (χ4v) is 3.81. The maximum Gasteiger partial charge on any atom is 0.317 e. The predicted molar refractivity (Wildman–Crippen MR) is 105 cm³/mol. The van der Waals surface area contributed by atoms with Gasteiger partial charge in [-0.2, -0.15) is 0 Å². The number of urea groups is 1. The van der Waals surface area contributed by atoms with Gasteiger partial charge in [0.1, 0.15) is 11.5 Å². The Bertz CT molecular complexity index is 804. The van der Waals surface area contributed by atoms with Crippen molar-refractivity contribution in [2.45, 2.75) is 39.2 Å². The van der Waals surface area contributed by atoms with E-state index in [9.17, 15) is 4.79 Å². The minimum absolute atomic E-state index is 0.0125. The second-order valence-corrected chi connectivity index (χ2v) is 7.07. The molecule has 1 fully saturated rings. The summed E-state index contributed by atoms with van der Waals surface area (Å²) in [5, 5.41) is 2.90. The number of anilines is 1. The minimum Gasteiger partial charge on any atom is -0.356 e. The van der Waals surface area contributed by atoms with Crippen LogP contribution in [0.25, 0.3) is 11.5 Å². The molecule has 1 saturated heterocycles. The molecule has 0 bridgehead atoms. The summed E-state index contributed by atoms with van der Waals surface area (Å²) in [7, 11) is 0. The highest BCUT2D eigenvalue weighted by Crippen LogP contribution is 2.30. The predicted octanol–water partition coefficient (Wildman–Crippen LogP) is 2.62. The molecule has 0 spiro atoms. The smallest absolute Gasteiger partial charge is 0.317 e. The molecular weight excluding hydrogens is 340 g/mol. The van der Waals surface area contributed by atoms with Crippen LogP contribution >= 0.6 is 0 Å². The Balaban J connectivity index is 1.73. The first-order valence-corrected chi connectivity index (χ1v) is 9.85. The molecule has 1 N–H and O–H groups in total. The number of carbonyl (C=O) groups excluding carboxylic acids is 1. The van der Waals surface area contributed by atoms with Crippen molar-refractivity contribution in [1.29, 1.82) is 0 Å². The molecule has 4 rings (SSSR count). The van der Waals surface area contributed by atoms with Gasteiger partial charge in [0.15, 0.2) is 5.82 Å². The maximum absolute atomic E-state index is 12.3. The standard InChI is InChI=1S/C20H26N6O/c1-2-21-20(27)26-13-9-16-15(14-26)19(25-11-6-3-7-12-25)24-18(23-16)17-8-4-5-10-22-17/h4-5,8,10H,2-3,6-7,9,11-14H2,1H3,(H,21,27). The van der Waals surface area contributed by atoms with E-state index in [0.29, 0.717) is 25.5 Å². The van der Waals surface area contributed by atoms with Crippen LogP contribution in [0.3, 0.4) is 0 Å². The topological polar surface area (TPSA) is 74.2 Å². The summed E-state index contributed by atoms with van der Waals surface area (Å²) in [5.41, 5.74) is 2.94. The largest absolute Gasteiger partial charge is 0.356 e. The van der Waals surface area contributed by atoms with Crippen LogP contribution in [0.4, 0.5) is 10.6 Å². The van der Waals surface area contributed by atoms with Crippen molar-refractivity contribution in [3.63, 3.8) is 0 Å². The van der Waals surface area contributed by atoms with Gasteiger partial charge in [-0.25, -0.2) is 14.8 Å². The number of hydrogen-bond donors (Lipinski definition) is 1. The third-order valence-electron chi connectivity index (χ3n) is 5.20. The highest BCUT2D eigenvalue weighted by atomic mass is 16.2. The Morgan fingerprint density at radius 3 is 2.74 bits per heavy atom. The third kappa shape index (κ3) is 3.72. The van der Waals surface area contributed by atoms with E-state index in [1.54, 1.807) is 6.20 Å². The molecule has 2 aliphatic heterocycles. The normalized spacial score (nSPS) is 16.8. The summed E-state index contributed by atoms with van der Waals surface area (Å²) in [6, 6.07) is 5.80. The minimum atomic E-state index is -0.0125. The van der Waals surface area contributed by atoms with E-state index in [-0.39, 0.29) is 6.03 Å². The Morgan fingerprint density at radius 1 is 1.15 bits per heavy atom. The molecule has 4 heterocycles. The number of hydrogen-bond acceptors (Lipinski definition) is 5. The SMILES string of the molecule is CCNC(=O)N1CCc2nc(-c3ccccn3)nc(N3CCCCC3)c2C1. The summed E-state index contributed by atoms with van der Waals surface area (Å²) in [5.74, 6) is 1.66. The summed E-state index contributed by atoms with van der Waals surface area (Å²) in [6.07, 6.45) is 6.14. The number of nitrogens with one attached hydrogen (secondary N) is 1. The van der Waals surface area contributed by atoms with Crippen molar-refractivity contribution in [3.8, 4) is 11.5 Å². The van der Waals surface area contributed by atoms with E-state index in [4.69, 9.17) is 9.97 Å². The Labute approximate surface area is 159 Å². The number of pyridine rings is 1. The van der Waals surface area contributed by atoms with Gasteiger partial charge in [-0.1, -0.05) is 6.07 Å². The zero-order chi connectivity index (χ0) is 18.6. The van der Waals surface area contributed by atoms with Gasteiger partial charge in [-0.3, -0.25) is 4.98 Å². The highest BCUT2D eigenvalue weighted by Gasteiger charge is 2.28. The lowest BCUT2D eigenvalue weighted by Gasteiger charge is -2.34. The van der Waals surface area contributed by atoms with Crippen molar-refractivity contribution in [2.75, 3.05) is 31.1 Å². The van der Waals surface area contributed by atoms with Crippen LogP contribution < -0.4 is 10.2 Å². The molecule has 7 heteroatoms. The van der Waals surface area contributed by atoms with E-state index in [2.05, 4.69) is 15.2 Å². The Morgan fingerprint density at radius 2 is 2.00 bits per heavy atom. The summed E-state index contributed by atoms with van der Waals surface area (Å²) in [6.45, 7) is 5.83. The number of carbonyl (C=O) groups is 1. The van der Waals surface area contributed by atoms with Gasteiger partial charge in [0.25, 0.3) is 0 Å².